The molecule has 1 aliphatic heterocycles. The van der Waals surface area contributed by atoms with Crippen LogP contribution < -0.4 is 10.1 Å². The number of hydrogen-bond donors (Lipinski definition) is 5. The molecule has 2 aromatic heterocycles. The predicted octanol–water partition coefficient (Wildman–Crippen LogP) is 9.35. The zero-order valence-electron chi connectivity index (χ0n) is 31.4. The maximum Gasteiger partial charge on any atom is 0.161 e. The fraction of sp³-hybridized carbons (Fsp3) is 0.362. The second-order valence-corrected chi connectivity index (χ2v) is 15.8. The number of carbonyl (C=O) groups excluding carboxylic acids is 2. The highest BCUT2D eigenvalue weighted by Gasteiger charge is 2.37. The van der Waals surface area contributed by atoms with E-state index in [0.717, 1.165) is 107 Å². The SMILES string of the molecule is O=C1CCc2cc(c(O)c(OC3CCCC3)c2)Cc2cccc(c2)Cc2cc[nH]c2NCC2=Cc3[nH]ccc3[C@@H](CCCCc3cccc(O)c3)[C@@H]2C(=O)C1. The summed E-state index contributed by atoms with van der Waals surface area (Å²) >= 11 is 0. The van der Waals surface area contributed by atoms with Gasteiger partial charge in [0.15, 0.2) is 11.5 Å². The molecule has 8 heteroatoms. The molecule has 5 N–H and O–H groups in total. The summed E-state index contributed by atoms with van der Waals surface area (Å²) in [5, 5.41) is 25.1. The van der Waals surface area contributed by atoms with Crippen molar-refractivity contribution in [3.63, 3.8) is 0 Å². The number of nitrogens with one attached hydrogen (secondary N) is 3. The van der Waals surface area contributed by atoms with E-state index in [9.17, 15) is 19.8 Å². The highest BCUT2D eigenvalue weighted by molar-refractivity contribution is 6.02. The molecule has 0 unspecified atom stereocenters. The van der Waals surface area contributed by atoms with Crippen LogP contribution in [0.4, 0.5) is 5.82 Å². The summed E-state index contributed by atoms with van der Waals surface area (Å²) in [7, 11) is 0. The van der Waals surface area contributed by atoms with Gasteiger partial charge in [0.2, 0.25) is 0 Å². The van der Waals surface area contributed by atoms with E-state index in [2.05, 4.69) is 57.8 Å². The number of aryl methyl sites for hydroxylation is 2. The second kappa shape index (κ2) is 16.5. The number of anilines is 1. The molecule has 1 saturated carbocycles. The maximum atomic E-state index is 14.5. The Hall–Kier alpha value is -5.50. The van der Waals surface area contributed by atoms with E-state index in [0.29, 0.717) is 31.6 Å². The van der Waals surface area contributed by atoms with Gasteiger partial charge in [0, 0.05) is 55.4 Å². The van der Waals surface area contributed by atoms with E-state index in [4.69, 9.17) is 4.74 Å². The molecule has 8 nitrogen and oxygen atoms in total. The minimum absolute atomic E-state index is 0.0415. The molecule has 4 bridgehead atoms. The topological polar surface area (TPSA) is 127 Å². The Bertz CT molecular complexity index is 2190. The molecule has 0 saturated heterocycles. The summed E-state index contributed by atoms with van der Waals surface area (Å²) in [5.74, 6) is 1.20. The van der Waals surface area contributed by atoms with Crippen molar-refractivity contribution >= 4 is 23.5 Å². The quantitative estimate of drug-likeness (QED) is 0.0837. The number of fused-ring (bicyclic) bond motifs is 7. The molecule has 1 fully saturated rings. The van der Waals surface area contributed by atoms with Crippen LogP contribution in [0.5, 0.6) is 17.2 Å². The number of rotatable bonds is 7. The normalized spacial score (nSPS) is 19.2. The number of phenols is 2. The molecule has 2 atom stereocenters. The monoisotopic (exact) mass is 737 g/mol. The van der Waals surface area contributed by atoms with Gasteiger partial charge in [-0.3, -0.25) is 9.59 Å². The Kier molecular flexibility index (Phi) is 10.9. The van der Waals surface area contributed by atoms with Gasteiger partial charge in [0.1, 0.15) is 23.1 Å². The average molecular weight is 738 g/mol. The molecule has 5 aromatic rings. The molecule has 0 amide bonds. The Balaban J connectivity index is 1.10. The number of ketones is 2. The van der Waals surface area contributed by atoms with Crippen LogP contribution in [-0.4, -0.2) is 44.4 Å². The van der Waals surface area contributed by atoms with Gasteiger partial charge >= 0.3 is 0 Å². The smallest absolute Gasteiger partial charge is 0.161 e. The van der Waals surface area contributed by atoms with Crippen molar-refractivity contribution in [3.05, 3.63) is 135 Å². The lowest BCUT2D eigenvalue weighted by molar-refractivity contribution is -0.129. The van der Waals surface area contributed by atoms with Gasteiger partial charge in [0.25, 0.3) is 0 Å². The van der Waals surface area contributed by atoms with Crippen molar-refractivity contribution in [1.82, 2.24) is 9.97 Å². The van der Waals surface area contributed by atoms with Gasteiger partial charge in [-0.15, -0.1) is 0 Å². The molecule has 8 rings (SSSR count). The maximum absolute atomic E-state index is 14.5. The zero-order chi connectivity index (χ0) is 37.7. The number of phenolic OH excluding ortho intramolecular Hbond substituents is 2. The van der Waals surface area contributed by atoms with Crippen molar-refractivity contribution in [1.29, 1.82) is 0 Å². The first-order valence-electron chi connectivity index (χ1n) is 20.1. The van der Waals surface area contributed by atoms with Crippen LogP contribution in [0, 0.1) is 5.92 Å². The summed E-state index contributed by atoms with van der Waals surface area (Å²) in [4.78, 5) is 35.1. The van der Waals surface area contributed by atoms with E-state index in [1.807, 2.05) is 42.7 Å². The Morgan fingerprint density at radius 1 is 0.764 bits per heavy atom. The Labute approximate surface area is 323 Å². The van der Waals surface area contributed by atoms with Gasteiger partial charge in [0.05, 0.1) is 12.5 Å². The number of aromatic amines is 2. The summed E-state index contributed by atoms with van der Waals surface area (Å²) in [6.07, 6.45) is 15.5. The zero-order valence-corrected chi connectivity index (χ0v) is 31.4. The van der Waals surface area contributed by atoms with Crippen molar-refractivity contribution < 1.29 is 24.5 Å². The molecule has 3 heterocycles. The van der Waals surface area contributed by atoms with Gasteiger partial charge in [-0.2, -0.15) is 0 Å². The fourth-order valence-corrected chi connectivity index (χ4v) is 9.03. The van der Waals surface area contributed by atoms with Crippen LogP contribution in [-0.2, 0) is 35.3 Å². The third kappa shape index (κ3) is 8.59. The molecule has 0 spiro atoms. The lowest BCUT2D eigenvalue weighted by Gasteiger charge is -2.32. The van der Waals surface area contributed by atoms with E-state index in [1.54, 1.807) is 6.07 Å². The van der Waals surface area contributed by atoms with Crippen molar-refractivity contribution in [2.75, 3.05) is 11.9 Å². The summed E-state index contributed by atoms with van der Waals surface area (Å²) in [5.41, 5.74) is 9.28. The highest BCUT2D eigenvalue weighted by atomic mass is 16.5. The molecule has 3 aliphatic rings. The van der Waals surface area contributed by atoms with E-state index < -0.39 is 5.92 Å². The lowest BCUT2D eigenvalue weighted by atomic mass is 9.71. The first kappa shape index (κ1) is 36.5. The van der Waals surface area contributed by atoms with Crippen LogP contribution in [0.1, 0.15) is 108 Å². The third-order valence-electron chi connectivity index (χ3n) is 11.8. The molecule has 2 aliphatic carbocycles. The molecule has 3 aromatic carbocycles. The number of Topliss-reactive ketones (excluding diaryl/α,β-unsaturated/α-hetero) is 2. The molecular weight excluding hydrogens is 687 g/mol. The number of benzene rings is 3. The van der Waals surface area contributed by atoms with Crippen LogP contribution in [0.25, 0.3) is 6.08 Å². The second-order valence-electron chi connectivity index (χ2n) is 15.8. The van der Waals surface area contributed by atoms with E-state index in [-0.39, 0.29) is 47.9 Å². The van der Waals surface area contributed by atoms with Crippen LogP contribution >= 0.6 is 0 Å². The number of carbonyl (C=O) groups is 2. The van der Waals surface area contributed by atoms with Gasteiger partial charge in [-0.25, -0.2) is 0 Å². The van der Waals surface area contributed by atoms with Crippen molar-refractivity contribution in [3.8, 4) is 17.2 Å². The Morgan fingerprint density at radius 3 is 2.40 bits per heavy atom. The standard InChI is InChI=1S/C47H51N3O5/c51-37-11-6-8-30(25-37)7-1-4-14-41-40-18-20-48-42(40)27-36-29-50-47-34(17-19-49-47)22-31-9-5-10-32(21-31)23-35-24-33(15-16-38(52)28-43(53)45(36)41)26-44(46(35)54)55-39-12-2-3-13-39/h5-6,8-11,17-21,24-27,39,41,45,48-51,54H,1-4,7,12-16,22-23,28-29H2/t41-,45-/m1/s1. The Morgan fingerprint density at radius 2 is 1.56 bits per heavy atom. The van der Waals surface area contributed by atoms with Crippen molar-refractivity contribution in [2.45, 2.75) is 95.5 Å². The van der Waals surface area contributed by atoms with Gasteiger partial charge in [-0.1, -0.05) is 48.9 Å². The van der Waals surface area contributed by atoms with Gasteiger partial charge in [-0.05, 0) is 133 Å². The average Bonchev–Trinajstić information content (AvgIpc) is 3.96. The number of H-pyrrole nitrogens is 2. The third-order valence-corrected chi connectivity index (χ3v) is 11.8. The number of unbranched alkanes of at least 4 members (excludes halogenated alkanes) is 1. The van der Waals surface area contributed by atoms with E-state index >= 15 is 0 Å². The fourth-order valence-electron chi connectivity index (χ4n) is 9.03. The highest BCUT2D eigenvalue weighted by Crippen LogP contribution is 2.43. The summed E-state index contributed by atoms with van der Waals surface area (Å²) < 4.78 is 6.39. The number of ether oxygens (including phenoxy) is 1. The number of aromatic hydroxyl groups is 2. The van der Waals surface area contributed by atoms with Gasteiger partial charge < -0.3 is 30.2 Å². The first-order valence-corrected chi connectivity index (χ1v) is 20.1. The summed E-state index contributed by atoms with van der Waals surface area (Å²) in [6, 6.07) is 24.0. The lowest BCUT2D eigenvalue weighted by Crippen LogP contribution is -2.31. The van der Waals surface area contributed by atoms with Crippen molar-refractivity contribution in [2.24, 2.45) is 5.92 Å². The van der Waals surface area contributed by atoms with E-state index in [1.165, 1.54) is 0 Å². The molecule has 0 radical (unpaired) electrons. The predicted molar refractivity (Wildman–Crippen MR) is 216 cm³/mol. The molecular formula is C47H51N3O5. The van der Waals surface area contributed by atoms with Crippen LogP contribution in [0.3, 0.4) is 0 Å². The largest absolute Gasteiger partial charge is 0.508 e. The summed E-state index contributed by atoms with van der Waals surface area (Å²) in [6.45, 7) is 0.464. The number of hydrogen-bond acceptors (Lipinski definition) is 6. The first-order chi connectivity index (χ1) is 26.9. The van der Waals surface area contributed by atoms with Crippen LogP contribution in [0.15, 0.2) is 90.8 Å². The van der Waals surface area contributed by atoms with Crippen LogP contribution in [0.2, 0.25) is 0 Å². The number of aromatic nitrogens is 2. The minimum Gasteiger partial charge on any atom is -0.508 e. The molecule has 284 valence electrons. The molecule has 55 heavy (non-hydrogen) atoms. The minimum atomic E-state index is -0.440.